The molecule has 0 aliphatic rings. The first-order valence-electron chi connectivity index (χ1n) is 2.95. The van der Waals surface area contributed by atoms with E-state index in [2.05, 4.69) is 15.8 Å². The Bertz CT molecular complexity index is 216. The average molecular weight is 220 g/mol. The van der Waals surface area contributed by atoms with Crippen molar-refractivity contribution >= 4 is 13.8 Å². The summed E-state index contributed by atoms with van der Waals surface area (Å²) in [6.07, 6.45) is 0.942. The number of hydrogen-bond acceptors (Lipinski definition) is 4. The minimum absolute atomic E-state index is 0. The predicted octanol–water partition coefficient (Wildman–Crippen LogP) is -3.06. The van der Waals surface area contributed by atoms with E-state index in [-0.39, 0.29) is 44.2 Å². The number of carbonyl (C=O) groups is 1. The van der Waals surface area contributed by atoms with E-state index in [1.165, 1.54) is 0 Å². The summed E-state index contributed by atoms with van der Waals surface area (Å²) in [7, 11) is -4.45. The molecule has 0 aliphatic carbocycles. The zero-order valence-electron chi connectivity index (χ0n) is 8.17. The number of ether oxygens (including phenoxy) is 1. The molecule has 0 atom stereocenters. The van der Waals surface area contributed by atoms with Gasteiger partial charge in [-0.2, -0.15) is 0 Å². The number of esters is 1. The van der Waals surface area contributed by atoms with Gasteiger partial charge in [-0.05, 0) is 0 Å². The van der Waals surface area contributed by atoms with Crippen LogP contribution in [0.2, 0.25) is 0 Å². The zero-order chi connectivity index (χ0) is 9.61. The van der Waals surface area contributed by atoms with Crippen LogP contribution in [-0.4, -0.2) is 29.0 Å². The van der Waals surface area contributed by atoms with Crippen molar-refractivity contribution in [3.63, 3.8) is 0 Å². The molecule has 0 aromatic heterocycles. The zero-order valence-corrected chi connectivity index (χ0v) is 10.1. The molecular formula is C5H10NaO6P. The van der Waals surface area contributed by atoms with E-state index in [1.807, 2.05) is 0 Å². The first-order valence-corrected chi connectivity index (χ1v) is 4.48. The van der Waals surface area contributed by atoms with Gasteiger partial charge in [-0.1, -0.05) is 6.58 Å². The summed E-state index contributed by atoms with van der Waals surface area (Å²) in [5, 5.41) is 0. The largest absolute Gasteiger partial charge is 1.00 e. The van der Waals surface area contributed by atoms with Gasteiger partial charge in [0.2, 0.25) is 0 Å². The van der Waals surface area contributed by atoms with Crippen molar-refractivity contribution in [2.24, 2.45) is 0 Å². The Morgan fingerprint density at radius 1 is 1.54 bits per heavy atom. The third-order valence-corrected chi connectivity index (χ3v) is 1.27. The van der Waals surface area contributed by atoms with Crippen LogP contribution < -0.4 is 29.6 Å². The van der Waals surface area contributed by atoms with Gasteiger partial charge in [0, 0.05) is 6.08 Å². The smallest absolute Gasteiger partial charge is 1.00 e. The molecule has 0 rings (SSSR count). The summed E-state index contributed by atoms with van der Waals surface area (Å²) in [5.74, 6) is -0.663. The molecule has 0 bridgehead atoms. The van der Waals surface area contributed by atoms with Crippen molar-refractivity contribution in [1.29, 1.82) is 0 Å². The predicted molar refractivity (Wildman–Crippen MR) is 40.3 cm³/mol. The fourth-order valence-corrected chi connectivity index (χ4v) is 0.670. The average Bonchev–Trinajstić information content (AvgIpc) is 1.96. The van der Waals surface area contributed by atoms with E-state index in [1.54, 1.807) is 0 Å². The SMILES string of the molecule is C=CC(=O)OCCOP(=O)(O)O.[H-].[Na+]. The summed E-state index contributed by atoms with van der Waals surface area (Å²) in [6, 6.07) is 0. The number of rotatable bonds is 5. The van der Waals surface area contributed by atoms with Crippen molar-refractivity contribution < 1.29 is 59.4 Å². The van der Waals surface area contributed by atoms with Gasteiger partial charge < -0.3 is 16.0 Å². The quantitative estimate of drug-likeness (QED) is 0.168. The molecule has 0 fully saturated rings. The van der Waals surface area contributed by atoms with Gasteiger partial charge in [-0.25, -0.2) is 9.36 Å². The molecular weight excluding hydrogens is 210 g/mol. The molecule has 0 saturated heterocycles. The van der Waals surface area contributed by atoms with E-state index < -0.39 is 13.8 Å². The summed E-state index contributed by atoms with van der Waals surface area (Å²) in [5.41, 5.74) is 0. The Labute approximate surface area is 98.9 Å². The third kappa shape index (κ3) is 12.3. The number of carbonyl (C=O) groups excluding carboxylic acids is 1. The van der Waals surface area contributed by atoms with Crippen LogP contribution in [0.1, 0.15) is 1.43 Å². The maximum Gasteiger partial charge on any atom is 1.00 e. The second-order valence-corrected chi connectivity index (χ2v) is 2.93. The first-order chi connectivity index (χ1) is 5.45. The Morgan fingerprint density at radius 2 is 2.08 bits per heavy atom. The maximum absolute atomic E-state index is 10.3. The molecule has 2 N–H and O–H groups in total. The summed E-state index contributed by atoms with van der Waals surface area (Å²) < 4.78 is 18.4. The fourth-order valence-electron chi connectivity index (χ4n) is 0.357. The molecule has 13 heavy (non-hydrogen) atoms. The van der Waals surface area contributed by atoms with Crippen LogP contribution in [0.4, 0.5) is 0 Å². The monoisotopic (exact) mass is 220 g/mol. The Hall–Kier alpha value is 0.320. The minimum Gasteiger partial charge on any atom is -1.00 e. The second kappa shape index (κ2) is 7.70. The summed E-state index contributed by atoms with van der Waals surface area (Å²) in [4.78, 5) is 26.7. The normalized spacial score (nSPS) is 10.0. The van der Waals surface area contributed by atoms with Crippen LogP contribution in [0, 0.1) is 0 Å². The molecule has 0 aliphatic heterocycles. The maximum atomic E-state index is 10.3. The topological polar surface area (TPSA) is 93.1 Å². The van der Waals surface area contributed by atoms with Crippen LogP contribution in [0.25, 0.3) is 0 Å². The van der Waals surface area contributed by atoms with E-state index in [0.29, 0.717) is 0 Å². The molecule has 6 nitrogen and oxygen atoms in total. The van der Waals surface area contributed by atoms with E-state index in [9.17, 15) is 9.36 Å². The molecule has 0 radical (unpaired) electrons. The van der Waals surface area contributed by atoms with Crippen molar-refractivity contribution in [1.82, 2.24) is 0 Å². The Morgan fingerprint density at radius 3 is 2.46 bits per heavy atom. The van der Waals surface area contributed by atoms with Gasteiger partial charge in [0.1, 0.15) is 6.61 Å². The van der Waals surface area contributed by atoms with Crippen molar-refractivity contribution in [2.75, 3.05) is 13.2 Å². The standard InChI is InChI=1S/C5H9O6P.Na.H/c1-2-5(6)10-3-4-11-12(7,8)9;;/h2H,1,3-4H2,(H2,7,8,9);;/q;+1;-1. The molecule has 72 valence electrons. The summed E-state index contributed by atoms with van der Waals surface area (Å²) in [6.45, 7) is 2.56. The van der Waals surface area contributed by atoms with Crippen LogP contribution >= 0.6 is 7.82 Å². The van der Waals surface area contributed by atoms with Crippen molar-refractivity contribution in [3.8, 4) is 0 Å². The van der Waals surface area contributed by atoms with Crippen molar-refractivity contribution in [3.05, 3.63) is 12.7 Å². The number of phosphoric acid groups is 1. The Balaban J connectivity index is -0.000000605. The Kier molecular flexibility index (Phi) is 9.34. The second-order valence-electron chi connectivity index (χ2n) is 1.70. The van der Waals surface area contributed by atoms with Gasteiger partial charge >= 0.3 is 43.3 Å². The van der Waals surface area contributed by atoms with Crippen LogP contribution in [0.5, 0.6) is 0 Å². The number of phosphoric ester groups is 1. The van der Waals surface area contributed by atoms with Crippen molar-refractivity contribution in [2.45, 2.75) is 0 Å². The molecule has 0 heterocycles. The van der Waals surface area contributed by atoms with Gasteiger partial charge in [-0.15, -0.1) is 0 Å². The third-order valence-electron chi connectivity index (χ3n) is 0.754. The first kappa shape index (κ1) is 15.8. The molecule has 0 spiro atoms. The van der Waals surface area contributed by atoms with Crippen LogP contribution in [0.15, 0.2) is 12.7 Å². The van der Waals surface area contributed by atoms with Crippen LogP contribution in [-0.2, 0) is 18.6 Å². The van der Waals surface area contributed by atoms with Gasteiger partial charge in [0.15, 0.2) is 0 Å². The molecule has 0 unspecified atom stereocenters. The number of hydrogen-bond donors (Lipinski definition) is 2. The fraction of sp³-hybridized carbons (Fsp3) is 0.400. The molecule has 0 saturated carbocycles. The van der Waals surface area contributed by atoms with Gasteiger partial charge in [0.05, 0.1) is 6.61 Å². The molecule has 8 heteroatoms. The molecule has 0 amide bonds. The van der Waals surface area contributed by atoms with E-state index in [0.717, 1.165) is 6.08 Å². The van der Waals surface area contributed by atoms with Gasteiger partial charge in [0.25, 0.3) is 0 Å². The van der Waals surface area contributed by atoms with Gasteiger partial charge in [-0.3, -0.25) is 4.52 Å². The van der Waals surface area contributed by atoms with E-state index >= 15 is 0 Å². The van der Waals surface area contributed by atoms with Crippen LogP contribution in [0.3, 0.4) is 0 Å². The molecule has 0 aromatic carbocycles. The van der Waals surface area contributed by atoms with E-state index in [4.69, 9.17) is 9.79 Å². The summed E-state index contributed by atoms with van der Waals surface area (Å²) >= 11 is 0. The minimum atomic E-state index is -4.45. The molecule has 0 aromatic rings.